The SMILES string of the molecule is CCCCCC[N+]1(NS(=O)O)C=CN(CCCC)C1. The molecule has 19 heavy (non-hydrogen) atoms. The van der Waals surface area contributed by atoms with Crippen LogP contribution in [0.2, 0.25) is 0 Å². The van der Waals surface area contributed by atoms with Gasteiger partial charge in [0, 0.05) is 6.54 Å². The van der Waals surface area contributed by atoms with Gasteiger partial charge >= 0.3 is 0 Å². The molecule has 112 valence electrons. The first-order valence-electron chi connectivity index (χ1n) is 7.31. The van der Waals surface area contributed by atoms with Crippen molar-refractivity contribution in [3.8, 4) is 0 Å². The third-order valence-corrected chi connectivity index (χ3v) is 3.99. The molecule has 1 heterocycles. The summed E-state index contributed by atoms with van der Waals surface area (Å²) in [7, 11) is 0. The van der Waals surface area contributed by atoms with E-state index in [4.69, 9.17) is 4.55 Å². The average molecular weight is 290 g/mol. The summed E-state index contributed by atoms with van der Waals surface area (Å²) >= 11 is -1.98. The number of quaternary nitrogens is 1. The van der Waals surface area contributed by atoms with Crippen LogP contribution in [0.5, 0.6) is 0 Å². The molecule has 0 aromatic carbocycles. The zero-order valence-electron chi connectivity index (χ0n) is 12.2. The van der Waals surface area contributed by atoms with E-state index in [0.717, 1.165) is 32.6 Å². The summed E-state index contributed by atoms with van der Waals surface area (Å²) in [5.74, 6) is 0. The molecule has 2 unspecified atom stereocenters. The van der Waals surface area contributed by atoms with Crippen LogP contribution in [0.3, 0.4) is 0 Å². The number of rotatable bonds is 10. The maximum Gasteiger partial charge on any atom is 0.279 e. The minimum Gasteiger partial charge on any atom is -0.325 e. The highest BCUT2D eigenvalue weighted by molar-refractivity contribution is 7.76. The summed E-state index contributed by atoms with van der Waals surface area (Å²) in [5, 5.41) is 0. The fraction of sp³-hybridized carbons (Fsp3) is 0.846. The third-order valence-electron chi connectivity index (χ3n) is 3.47. The summed E-state index contributed by atoms with van der Waals surface area (Å²) in [6.45, 7) is 6.99. The Morgan fingerprint density at radius 2 is 2.00 bits per heavy atom. The maximum absolute atomic E-state index is 11.1. The highest BCUT2D eigenvalue weighted by Crippen LogP contribution is 2.18. The number of nitrogens with one attached hydrogen (secondary N) is 1. The van der Waals surface area contributed by atoms with Gasteiger partial charge in [-0.2, -0.15) is 4.59 Å². The van der Waals surface area contributed by atoms with Gasteiger partial charge in [0.05, 0.1) is 6.20 Å². The number of unbranched alkanes of at least 4 members (excludes halogenated alkanes) is 4. The van der Waals surface area contributed by atoms with E-state index in [9.17, 15) is 4.21 Å². The first-order chi connectivity index (χ1) is 9.12. The molecule has 0 fully saturated rings. The molecule has 0 aromatic rings. The fourth-order valence-corrected chi connectivity index (χ4v) is 2.89. The highest BCUT2D eigenvalue weighted by Gasteiger charge is 2.33. The van der Waals surface area contributed by atoms with Crippen molar-refractivity contribution >= 4 is 11.3 Å². The molecule has 2 N–H and O–H groups in total. The lowest BCUT2D eigenvalue weighted by Crippen LogP contribution is -2.56. The topological polar surface area (TPSA) is 52.6 Å². The van der Waals surface area contributed by atoms with Crippen molar-refractivity contribution in [2.75, 3.05) is 19.8 Å². The second-order valence-corrected chi connectivity index (χ2v) is 5.95. The largest absolute Gasteiger partial charge is 0.325 e. The van der Waals surface area contributed by atoms with Crippen LogP contribution < -0.4 is 4.83 Å². The lowest BCUT2D eigenvalue weighted by molar-refractivity contribution is -0.911. The molecule has 0 saturated carbocycles. The second kappa shape index (κ2) is 8.68. The Labute approximate surface area is 119 Å². The van der Waals surface area contributed by atoms with E-state index in [1.165, 1.54) is 25.7 Å². The second-order valence-electron chi connectivity index (χ2n) is 5.26. The fourth-order valence-electron chi connectivity index (χ4n) is 2.37. The van der Waals surface area contributed by atoms with Gasteiger partial charge in [-0.25, -0.2) is 4.21 Å². The molecule has 0 aromatic heterocycles. The standard InChI is InChI=1S/C13H27N3O2S/c1-3-5-7-8-11-16(14-19(17)18)12-10-15(13-16)9-6-4-2/h10,12,14H,3-9,11,13H2,1-2H3/p+1. The summed E-state index contributed by atoms with van der Waals surface area (Å²) in [4.78, 5) is 5.00. The summed E-state index contributed by atoms with van der Waals surface area (Å²) < 4.78 is 20.6. The molecule has 1 rings (SSSR count). The molecule has 1 aliphatic rings. The Bertz CT molecular complexity index is 312. The summed E-state index contributed by atoms with van der Waals surface area (Å²) in [6, 6.07) is 0. The zero-order chi connectivity index (χ0) is 14.1. The molecule has 0 aliphatic carbocycles. The van der Waals surface area contributed by atoms with Gasteiger partial charge < -0.3 is 4.90 Å². The first kappa shape index (κ1) is 16.6. The number of nitrogens with zero attached hydrogens (tertiary/aromatic N) is 2. The molecule has 0 bridgehead atoms. The average Bonchev–Trinajstić information content (AvgIpc) is 2.75. The van der Waals surface area contributed by atoms with Gasteiger partial charge in [-0.15, -0.1) is 0 Å². The van der Waals surface area contributed by atoms with E-state index in [1.807, 2.05) is 6.20 Å². The molecule has 1 aliphatic heterocycles. The molecular formula is C13H28N3O2S+. The van der Waals surface area contributed by atoms with Gasteiger partial charge in [-0.05, 0) is 24.1 Å². The Balaban J connectivity index is 2.48. The van der Waals surface area contributed by atoms with Gasteiger partial charge in [0.1, 0.15) is 12.7 Å². The van der Waals surface area contributed by atoms with Gasteiger partial charge in [-0.1, -0.05) is 33.1 Å². The normalized spacial score (nSPS) is 24.1. The molecular weight excluding hydrogens is 262 g/mol. The third kappa shape index (κ3) is 6.03. The van der Waals surface area contributed by atoms with Crippen LogP contribution >= 0.6 is 0 Å². The van der Waals surface area contributed by atoms with Crippen molar-refractivity contribution in [1.29, 1.82) is 0 Å². The quantitative estimate of drug-likeness (QED) is 0.369. The van der Waals surface area contributed by atoms with Crippen LogP contribution in [0.15, 0.2) is 12.4 Å². The van der Waals surface area contributed by atoms with Crippen molar-refractivity contribution in [3.05, 3.63) is 12.4 Å². The van der Waals surface area contributed by atoms with Crippen molar-refractivity contribution in [3.63, 3.8) is 0 Å². The van der Waals surface area contributed by atoms with Crippen LogP contribution in [-0.4, -0.2) is 38.0 Å². The molecule has 0 amide bonds. The van der Waals surface area contributed by atoms with Gasteiger partial charge in [0.25, 0.3) is 11.3 Å². The van der Waals surface area contributed by atoms with Crippen LogP contribution in [-0.2, 0) is 11.3 Å². The minimum atomic E-state index is -1.98. The maximum atomic E-state index is 11.1. The molecule has 6 heteroatoms. The van der Waals surface area contributed by atoms with Crippen molar-refractivity contribution in [2.45, 2.75) is 52.4 Å². The monoisotopic (exact) mass is 290 g/mol. The molecule has 5 nitrogen and oxygen atoms in total. The highest BCUT2D eigenvalue weighted by atomic mass is 32.2. The van der Waals surface area contributed by atoms with E-state index in [0.29, 0.717) is 4.59 Å². The van der Waals surface area contributed by atoms with Crippen LogP contribution in [0.25, 0.3) is 0 Å². The van der Waals surface area contributed by atoms with Crippen LogP contribution in [0, 0.1) is 0 Å². The molecule has 0 saturated heterocycles. The van der Waals surface area contributed by atoms with E-state index >= 15 is 0 Å². The van der Waals surface area contributed by atoms with E-state index in [1.54, 1.807) is 0 Å². The Hall–Kier alpha value is -0.430. The lowest BCUT2D eigenvalue weighted by Gasteiger charge is -2.30. The predicted molar refractivity (Wildman–Crippen MR) is 78.8 cm³/mol. The van der Waals surface area contributed by atoms with Gasteiger partial charge in [0.15, 0.2) is 6.67 Å². The van der Waals surface area contributed by atoms with Crippen molar-refractivity contribution in [2.24, 2.45) is 0 Å². The number of hydrogen-bond acceptors (Lipinski definition) is 2. The lowest BCUT2D eigenvalue weighted by atomic mass is 10.2. The van der Waals surface area contributed by atoms with Crippen LogP contribution in [0.1, 0.15) is 52.4 Å². The van der Waals surface area contributed by atoms with Gasteiger partial charge in [-0.3, -0.25) is 4.55 Å². The molecule has 0 radical (unpaired) electrons. The van der Waals surface area contributed by atoms with E-state index < -0.39 is 11.3 Å². The zero-order valence-corrected chi connectivity index (χ0v) is 13.0. The molecule has 2 atom stereocenters. The van der Waals surface area contributed by atoms with Crippen molar-refractivity contribution < 1.29 is 13.4 Å². The summed E-state index contributed by atoms with van der Waals surface area (Å²) in [6.07, 6.45) is 11.1. The van der Waals surface area contributed by atoms with Gasteiger partial charge in [0.2, 0.25) is 0 Å². The summed E-state index contributed by atoms with van der Waals surface area (Å²) in [5.41, 5.74) is 0. The Kier molecular flexibility index (Phi) is 7.60. The Morgan fingerprint density at radius 1 is 1.26 bits per heavy atom. The predicted octanol–water partition coefficient (Wildman–Crippen LogP) is 2.57. The number of hydrogen-bond donors (Lipinski definition) is 2. The molecule has 0 spiro atoms. The van der Waals surface area contributed by atoms with Crippen molar-refractivity contribution in [1.82, 2.24) is 9.73 Å². The van der Waals surface area contributed by atoms with Crippen LogP contribution in [0.4, 0.5) is 0 Å². The smallest absolute Gasteiger partial charge is 0.279 e. The first-order valence-corrected chi connectivity index (χ1v) is 8.41. The van der Waals surface area contributed by atoms with E-state index in [-0.39, 0.29) is 0 Å². The minimum absolute atomic E-state index is 0.399. The Morgan fingerprint density at radius 3 is 2.63 bits per heavy atom. The van der Waals surface area contributed by atoms with E-state index in [2.05, 4.69) is 29.8 Å².